The number of hydrogen-bond acceptors (Lipinski definition) is 4. The van der Waals surface area contributed by atoms with Crippen molar-refractivity contribution in [3.05, 3.63) is 0 Å². The van der Waals surface area contributed by atoms with E-state index in [2.05, 4.69) is 39.1 Å². The smallest absolute Gasteiger partial charge is 0.208 e. The molecule has 3 N–H and O–H groups in total. The van der Waals surface area contributed by atoms with Crippen molar-refractivity contribution in [3.63, 3.8) is 0 Å². The second-order valence-corrected chi connectivity index (χ2v) is 8.57. The maximum Gasteiger partial charge on any atom is 0.208 e. The van der Waals surface area contributed by atoms with Gasteiger partial charge in [0.15, 0.2) is 5.96 Å². The Labute approximate surface area is 141 Å². The number of nitrogens with zero attached hydrogens (tertiary/aromatic N) is 2. The van der Waals surface area contributed by atoms with Crippen LogP contribution in [0.25, 0.3) is 0 Å². The monoisotopic (exact) mass is 347 g/mol. The quantitative estimate of drug-likeness (QED) is 0.335. The van der Waals surface area contributed by atoms with Gasteiger partial charge in [0.05, 0.1) is 6.26 Å². The van der Waals surface area contributed by atoms with Gasteiger partial charge in [-0.2, -0.15) is 0 Å². The third-order valence-electron chi connectivity index (χ3n) is 4.13. The molecule has 8 heteroatoms. The minimum atomic E-state index is -3.10. The van der Waals surface area contributed by atoms with E-state index in [1.807, 2.05) is 0 Å². The minimum Gasteiger partial charge on any atom is -0.356 e. The summed E-state index contributed by atoms with van der Waals surface area (Å²) in [5.41, 5.74) is 0.0931. The first-order valence-electron chi connectivity index (χ1n) is 8.39. The lowest BCUT2D eigenvalue weighted by Crippen LogP contribution is -2.55. The van der Waals surface area contributed by atoms with Crippen LogP contribution in [0.15, 0.2) is 4.99 Å². The van der Waals surface area contributed by atoms with Crippen molar-refractivity contribution in [3.8, 4) is 0 Å². The first-order chi connectivity index (χ1) is 10.7. The summed E-state index contributed by atoms with van der Waals surface area (Å²) >= 11 is 0. The van der Waals surface area contributed by atoms with E-state index >= 15 is 0 Å². The number of nitrogens with one attached hydrogen (secondary N) is 3. The molecule has 0 aromatic heterocycles. The average molecular weight is 348 g/mol. The molecule has 1 aliphatic heterocycles. The first kappa shape index (κ1) is 20.2. The van der Waals surface area contributed by atoms with Crippen LogP contribution >= 0.6 is 0 Å². The van der Waals surface area contributed by atoms with Gasteiger partial charge >= 0.3 is 0 Å². The van der Waals surface area contributed by atoms with E-state index in [0.29, 0.717) is 19.5 Å². The molecule has 0 bridgehead atoms. The summed E-state index contributed by atoms with van der Waals surface area (Å²) in [7, 11) is -1.35. The molecule has 1 saturated heterocycles. The summed E-state index contributed by atoms with van der Waals surface area (Å²) in [5.74, 6) is 0.759. The second kappa shape index (κ2) is 9.44. The maximum atomic E-state index is 11.0. The van der Waals surface area contributed by atoms with E-state index in [-0.39, 0.29) is 5.54 Å². The van der Waals surface area contributed by atoms with Crippen molar-refractivity contribution in [2.24, 2.45) is 4.99 Å². The average Bonchev–Trinajstić information content (AvgIpc) is 2.50. The van der Waals surface area contributed by atoms with Gasteiger partial charge in [0.2, 0.25) is 10.0 Å². The van der Waals surface area contributed by atoms with Crippen LogP contribution in [0.2, 0.25) is 0 Å². The fourth-order valence-corrected chi connectivity index (χ4v) is 3.20. The molecular formula is C15H33N5O2S. The number of piperidine rings is 1. The number of aliphatic imine (C=N–C) groups is 1. The highest BCUT2D eigenvalue weighted by molar-refractivity contribution is 7.88. The molecule has 0 atom stereocenters. The van der Waals surface area contributed by atoms with Gasteiger partial charge in [-0.15, -0.1) is 0 Å². The molecule has 1 heterocycles. The molecule has 23 heavy (non-hydrogen) atoms. The minimum absolute atomic E-state index is 0.0931. The van der Waals surface area contributed by atoms with E-state index in [1.165, 1.54) is 25.5 Å². The fraction of sp³-hybridized carbons (Fsp3) is 0.933. The van der Waals surface area contributed by atoms with Crippen molar-refractivity contribution in [1.29, 1.82) is 0 Å². The number of guanidine groups is 1. The molecule has 0 aromatic carbocycles. The van der Waals surface area contributed by atoms with Crippen LogP contribution in [0.1, 0.15) is 39.5 Å². The molecule has 0 spiro atoms. The summed E-state index contributed by atoms with van der Waals surface area (Å²) in [6, 6.07) is 0. The Morgan fingerprint density at radius 1 is 1.13 bits per heavy atom. The van der Waals surface area contributed by atoms with Gasteiger partial charge in [0.1, 0.15) is 0 Å². The SMILES string of the molecule is CN=C(NCCCNS(C)(=O)=O)NCC(C)(C)N1CCCCC1. The van der Waals surface area contributed by atoms with Gasteiger partial charge in [-0.05, 0) is 46.2 Å². The zero-order valence-electron chi connectivity index (χ0n) is 15.0. The Morgan fingerprint density at radius 2 is 1.78 bits per heavy atom. The summed E-state index contributed by atoms with van der Waals surface area (Å²) in [4.78, 5) is 6.75. The predicted octanol–water partition coefficient (Wildman–Crippen LogP) is 0.355. The van der Waals surface area contributed by atoms with Gasteiger partial charge in [-0.25, -0.2) is 13.1 Å². The molecule has 0 saturated carbocycles. The summed E-state index contributed by atoms with van der Waals surface area (Å²) in [6.45, 7) is 8.78. The Bertz CT molecular complexity index is 470. The maximum absolute atomic E-state index is 11.0. The van der Waals surface area contributed by atoms with E-state index in [1.54, 1.807) is 7.05 Å². The zero-order chi connectivity index (χ0) is 17.3. The highest BCUT2D eigenvalue weighted by Gasteiger charge is 2.27. The lowest BCUT2D eigenvalue weighted by molar-refractivity contribution is 0.0982. The zero-order valence-corrected chi connectivity index (χ0v) is 15.8. The molecule has 0 aromatic rings. The Kier molecular flexibility index (Phi) is 8.28. The van der Waals surface area contributed by atoms with Crippen LogP contribution in [-0.2, 0) is 10.0 Å². The molecule has 0 aliphatic carbocycles. The number of hydrogen-bond donors (Lipinski definition) is 3. The third-order valence-corrected chi connectivity index (χ3v) is 4.86. The van der Waals surface area contributed by atoms with Crippen LogP contribution in [0.5, 0.6) is 0 Å². The highest BCUT2D eigenvalue weighted by atomic mass is 32.2. The number of likely N-dealkylation sites (tertiary alicyclic amines) is 1. The lowest BCUT2D eigenvalue weighted by Gasteiger charge is -2.41. The van der Waals surface area contributed by atoms with E-state index in [4.69, 9.17) is 0 Å². The van der Waals surface area contributed by atoms with Gasteiger partial charge in [-0.3, -0.25) is 9.89 Å². The molecule has 7 nitrogen and oxygen atoms in total. The molecule has 0 amide bonds. The molecule has 136 valence electrons. The van der Waals surface area contributed by atoms with Crippen molar-refractivity contribution >= 4 is 16.0 Å². The number of rotatable bonds is 8. The Morgan fingerprint density at radius 3 is 2.35 bits per heavy atom. The van der Waals surface area contributed by atoms with E-state index in [0.717, 1.165) is 25.6 Å². The lowest BCUT2D eigenvalue weighted by atomic mass is 9.98. The van der Waals surface area contributed by atoms with Crippen LogP contribution in [0, 0.1) is 0 Å². The molecule has 1 fully saturated rings. The van der Waals surface area contributed by atoms with Crippen LogP contribution in [-0.4, -0.2) is 70.8 Å². The molecule has 1 rings (SSSR count). The first-order valence-corrected chi connectivity index (χ1v) is 10.3. The van der Waals surface area contributed by atoms with Gasteiger partial charge in [0, 0.05) is 32.2 Å². The van der Waals surface area contributed by atoms with Gasteiger partial charge in [-0.1, -0.05) is 6.42 Å². The summed E-state index contributed by atoms with van der Waals surface area (Å²) in [6.07, 6.45) is 5.78. The normalized spacial score (nSPS) is 18.0. The fourth-order valence-electron chi connectivity index (χ4n) is 2.68. The third kappa shape index (κ3) is 8.53. The van der Waals surface area contributed by atoms with Crippen molar-refractivity contribution in [1.82, 2.24) is 20.3 Å². The van der Waals surface area contributed by atoms with Crippen LogP contribution in [0.3, 0.4) is 0 Å². The summed E-state index contributed by atoms with van der Waals surface area (Å²) < 4.78 is 24.4. The van der Waals surface area contributed by atoms with Gasteiger partial charge < -0.3 is 10.6 Å². The topological polar surface area (TPSA) is 85.8 Å². The number of sulfonamides is 1. The molecule has 0 unspecified atom stereocenters. The highest BCUT2D eigenvalue weighted by Crippen LogP contribution is 2.19. The van der Waals surface area contributed by atoms with Crippen LogP contribution < -0.4 is 15.4 Å². The summed E-state index contributed by atoms with van der Waals surface area (Å²) in [5, 5.41) is 6.59. The van der Waals surface area contributed by atoms with Gasteiger partial charge in [0.25, 0.3) is 0 Å². The van der Waals surface area contributed by atoms with Crippen LogP contribution in [0.4, 0.5) is 0 Å². The predicted molar refractivity (Wildman–Crippen MR) is 96.3 cm³/mol. The molecule has 0 radical (unpaired) electrons. The Hall–Kier alpha value is -0.860. The van der Waals surface area contributed by atoms with Crippen molar-refractivity contribution in [2.45, 2.75) is 45.1 Å². The Balaban J connectivity index is 2.27. The molecular weight excluding hydrogens is 314 g/mol. The van der Waals surface area contributed by atoms with Crippen molar-refractivity contribution in [2.75, 3.05) is 46.0 Å². The van der Waals surface area contributed by atoms with E-state index < -0.39 is 10.0 Å². The largest absolute Gasteiger partial charge is 0.356 e. The second-order valence-electron chi connectivity index (χ2n) is 6.73. The van der Waals surface area contributed by atoms with E-state index in [9.17, 15) is 8.42 Å². The molecule has 1 aliphatic rings. The standard InChI is InChI=1S/C15H33N5O2S/c1-15(2,20-11-6-5-7-12-20)13-18-14(16-3)17-9-8-10-19-23(4,21)22/h19H,5-13H2,1-4H3,(H2,16,17,18). The van der Waals surface area contributed by atoms with Crippen molar-refractivity contribution < 1.29 is 8.42 Å².